The second-order valence-corrected chi connectivity index (χ2v) is 3.16. The Morgan fingerprint density at radius 3 is 2.93 bits per heavy atom. The topological polar surface area (TPSA) is 21.3 Å². The number of benzene rings is 1. The summed E-state index contributed by atoms with van der Waals surface area (Å²) in [7, 11) is 1.52. The van der Waals surface area contributed by atoms with E-state index in [0.29, 0.717) is 17.9 Å². The molecule has 3 heteroatoms. The van der Waals surface area contributed by atoms with Gasteiger partial charge in [-0.1, -0.05) is 12.0 Å². The van der Waals surface area contributed by atoms with E-state index >= 15 is 0 Å². The fourth-order valence-corrected chi connectivity index (χ4v) is 1.43. The molecular formula is C12H14FNO. The van der Waals surface area contributed by atoms with Gasteiger partial charge in [-0.05, 0) is 19.1 Å². The highest BCUT2D eigenvalue weighted by Gasteiger charge is 2.15. The molecule has 1 aromatic rings. The SMILES string of the molecule is C#CCNC(C)c1c(F)cccc1OC. The Labute approximate surface area is 89.4 Å². The Morgan fingerprint density at radius 1 is 1.60 bits per heavy atom. The standard InChI is InChI=1S/C12H14FNO/c1-4-8-14-9(2)12-10(13)6-5-7-11(12)15-3/h1,5-7,9,14H,8H2,2-3H3. The molecule has 0 saturated heterocycles. The normalized spacial score (nSPS) is 11.9. The van der Waals surface area contributed by atoms with Gasteiger partial charge in [0.15, 0.2) is 0 Å². The van der Waals surface area contributed by atoms with Gasteiger partial charge in [-0.3, -0.25) is 5.32 Å². The van der Waals surface area contributed by atoms with Gasteiger partial charge in [-0.25, -0.2) is 4.39 Å². The van der Waals surface area contributed by atoms with Crippen molar-refractivity contribution in [2.45, 2.75) is 13.0 Å². The molecule has 0 saturated carbocycles. The lowest BCUT2D eigenvalue weighted by Crippen LogP contribution is -2.20. The van der Waals surface area contributed by atoms with Crippen LogP contribution in [0, 0.1) is 18.2 Å². The molecule has 1 N–H and O–H groups in total. The van der Waals surface area contributed by atoms with Gasteiger partial charge >= 0.3 is 0 Å². The minimum absolute atomic E-state index is 0.169. The van der Waals surface area contributed by atoms with Crippen molar-refractivity contribution in [2.24, 2.45) is 0 Å². The van der Waals surface area contributed by atoms with Crippen molar-refractivity contribution in [3.05, 3.63) is 29.6 Å². The van der Waals surface area contributed by atoms with Crippen LogP contribution in [0.4, 0.5) is 4.39 Å². The van der Waals surface area contributed by atoms with Crippen LogP contribution in [0.15, 0.2) is 18.2 Å². The zero-order valence-corrected chi connectivity index (χ0v) is 8.88. The zero-order valence-electron chi connectivity index (χ0n) is 8.88. The molecule has 2 nitrogen and oxygen atoms in total. The van der Waals surface area contributed by atoms with E-state index in [0.717, 1.165) is 0 Å². The number of terminal acetylenes is 1. The highest BCUT2D eigenvalue weighted by Crippen LogP contribution is 2.27. The van der Waals surface area contributed by atoms with Gasteiger partial charge in [-0.15, -0.1) is 6.42 Å². The smallest absolute Gasteiger partial charge is 0.131 e. The van der Waals surface area contributed by atoms with Crippen LogP contribution in [-0.4, -0.2) is 13.7 Å². The van der Waals surface area contributed by atoms with Crippen LogP contribution in [0.25, 0.3) is 0 Å². The summed E-state index contributed by atoms with van der Waals surface area (Å²) in [5.74, 6) is 2.70. The molecule has 0 aliphatic rings. The van der Waals surface area contributed by atoms with Crippen molar-refractivity contribution >= 4 is 0 Å². The Kier molecular flexibility index (Phi) is 4.14. The first kappa shape index (κ1) is 11.5. The number of methoxy groups -OCH3 is 1. The van der Waals surface area contributed by atoms with Crippen LogP contribution < -0.4 is 10.1 Å². The van der Waals surface area contributed by atoms with Crippen molar-refractivity contribution in [3.63, 3.8) is 0 Å². The van der Waals surface area contributed by atoms with Crippen LogP contribution in [0.2, 0.25) is 0 Å². The highest BCUT2D eigenvalue weighted by atomic mass is 19.1. The van der Waals surface area contributed by atoms with E-state index in [-0.39, 0.29) is 11.9 Å². The fourth-order valence-electron chi connectivity index (χ4n) is 1.43. The summed E-state index contributed by atoms with van der Waals surface area (Å²) < 4.78 is 18.6. The maximum atomic E-state index is 13.5. The summed E-state index contributed by atoms with van der Waals surface area (Å²) in [6.07, 6.45) is 5.13. The number of halogens is 1. The van der Waals surface area contributed by atoms with Crippen LogP contribution in [0.1, 0.15) is 18.5 Å². The fraction of sp³-hybridized carbons (Fsp3) is 0.333. The first-order valence-electron chi connectivity index (χ1n) is 4.70. The molecule has 0 radical (unpaired) electrons. The second kappa shape index (κ2) is 5.38. The monoisotopic (exact) mass is 207 g/mol. The maximum Gasteiger partial charge on any atom is 0.131 e. The molecule has 15 heavy (non-hydrogen) atoms. The largest absolute Gasteiger partial charge is 0.496 e. The molecule has 80 valence electrons. The van der Waals surface area contributed by atoms with E-state index in [2.05, 4.69) is 11.2 Å². The van der Waals surface area contributed by atoms with Gasteiger partial charge in [0.1, 0.15) is 11.6 Å². The Bertz CT molecular complexity index is 370. The Morgan fingerprint density at radius 2 is 2.33 bits per heavy atom. The predicted octanol–water partition coefficient (Wildman–Crippen LogP) is 2.12. The molecule has 1 atom stereocenters. The third kappa shape index (κ3) is 2.71. The van der Waals surface area contributed by atoms with Gasteiger partial charge in [0, 0.05) is 11.6 Å². The number of ether oxygens (including phenoxy) is 1. The summed E-state index contributed by atoms with van der Waals surface area (Å²) >= 11 is 0. The quantitative estimate of drug-likeness (QED) is 0.763. The van der Waals surface area contributed by atoms with E-state index in [1.54, 1.807) is 12.1 Å². The average molecular weight is 207 g/mol. The minimum Gasteiger partial charge on any atom is -0.496 e. The van der Waals surface area contributed by atoms with E-state index in [9.17, 15) is 4.39 Å². The third-order valence-corrected chi connectivity index (χ3v) is 2.18. The number of hydrogen-bond acceptors (Lipinski definition) is 2. The minimum atomic E-state index is -0.286. The molecular weight excluding hydrogens is 193 g/mol. The number of hydrogen-bond donors (Lipinski definition) is 1. The van der Waals surface area contributed by atoms with Crippen LogP contribution in [-0.2, 0) is 0 Å². The number of nitrogens with one attached hydrogen (secondary N) is 1. The first-order valence-corrected chi connectivity index (χ1v) is 4.70. The maximum absolute atomic E-state index is 13.5. The molecule has 1 unspecified atom stereocenters. The van der Waals surface area contributed by atoms with E-state index in [4.69, 9.17) is 11.2 Å². The average Bonchev–Trinajstić information content (AvgIpc) is 2.25. The van der Waals surface area contributed by atoms with Gasteiger partial charge in [-0.2, -0.15) is 0 Å². The van der Waals surface area contributed by atoms with Crippen molar-refractivity contribution in [1.82, 2.24) is 5.32 Å². The second-order valence-electron chi connectivity index (χ2n) is 3.16. The Hall–Kier alpha value is -1.53. The summed E-state index contributed by atoms with van der Waals surface area (Å²) in [4.78, 5) is 0. The van der Waals surface area contributed by atoms with E-state index in [1.807, 2.05) is 6.92 Å². The molecule has 0 aliphatic heterocycles. The Balaban J connectivity index is 2.96. The highest BCUT2D eigenvalue weighted by molar-refractivity contribution is 5.36. The summed E-state index contributed by atoms with van der Waals surface area (Å²) in [5.41, 5.74) is 0.509. The summed E-state index contributed by atoms with van der Waals surface area (Å²) in [5, 5.41) is 3.01. The molecule has 0 amide bonds. The van der Waals surface area contributed by atoms with Gasteiger partial charge < -0.3 is 4.74 Å². The lowest BCUT2D eigenvalue weighted by molar-refractivity contribution is 0.395. The molecule has 1 aromatic carbocycles. The molecule has 0 fully saturated rings. The lowest BCUT2D eigenvalue weighted by atomic mass is 10.1. The van der Waals surface area contributed by atoms with Crippen molar-refractivity contribution < 1.29 is 9.13 Å². The van der Waals surface area contributed by atoms with Crippen molar-refractivity contribution in [2.75, 3.05) is 13.7 Å². The van der Waals surface area contributed by atoms with E-state index in [1.165, 1.54) is 13.2 Å². The van der Waals surface area contributed by atoms with Crippen molar-refractivity contribution in [3.8, 4) is 18.1 Å². The molecule has 0 aliphatic carbocycles. The van der Waals surface area contributed by atoms with Crippen LogP contribution in [0.5, 0.6) is 5.75 Å². The summed E-state index contributed by atoms with van der Waals surface area (Å²) in [6, 6.07) is 4.58. The molecule has 1 rings (SSSR count). The van der Waals surface area contributed by atoms with Gasteiger partial charge in [0.05, 0.1) is 13.7 Å². The molecule has 0 heterocycles. The van der Waals surface area contributed by atoms with Crippen molar-refractivity contribution in [1.29, 1.82) is 0 Å². The van der Waals surface area contributed by atoms with Gasteiger partial charge in [0.25, 0.3) is 0 Å². The van der Waals surface area contributed by atoms with Crippen LogP contribution in [0.3, 0.4) is 0 Å². The van der Waals surface area contributed by atoms with E-state index < -0.39 is 0 Å². The number of rotatable bonds is 4. The van der Waals surface area contributed by atoms with Crippen LogP contribution >= 0.6 is 0 Å². The summed E-state index contributed by atoms with van der Waals surface area (Å²) in [6.45, 7) is 2.25. The molecule has 0 spiro atoms. The molecule has 0 aromatic heterocycles. The third-order valence-electron chi connectivity index (χ3n) is 2.18. The predicted molar refractivity (Wildman–Crippen MR) is 58.2 cm³/mol. The zero-order chi connectivity index (χ0) is 11.3. The van der Waals surface area contributed by atoms with Gasteiger partial charge in [0.2, 0.25) is 0 Å². The molecule has 0 bridgehead atoms. The lowest BCUT2D eigenvalue weighted by Gasteiger charge is -2.16. The first-order chi connectivity index (χ1) is 7.20.